The number of hydrogen-bond donors (Lipinski definition) is 2. The van der Waals surface area contributed by atoms with Crippen LogP contribution in [0.3, 0.4) is 0 Å². The van der Waals surface area contributed by atoms with Gasteiger partial charge in [0.1, 0.15) is 11.4 Å². The van der Waals surface area contributed by atoms with Gasteiger partial charge in [-0.15, -0.1) is 0 Å². The Morgan fingerprint density at radius 2 is 2.03 bits per heavy atom. The van der Waals surface area contributed by atoms with Crippen LogP contribution in [0.4, 0.5) is 4.39 Å². The summed E-state index contributed by atoms with van der Waals surface area (Å²) in [6.45, 7) is 3.36. The van der Waals surface area contributed by atoms with Crippen LogP contribution in [0.15, 0.2) is 42.6 Å². The van der Waals surface area contributed by atoms with E-state index in [0.29, 0.717) is 25.9 Å². The molecule has 1 saturated carbocycles. The fraction of sp³-hybridized carbons (Fsp3) is 0.423. The lowest BCUT2D eigenvalue weighted by atomic mass is 9.81. The highest BCUT2D eigenvalue weighted by Crippen LogP contribution is 2.52. The zero-order chi connectivity index (χ0) is 22.5. The number of nitrogens with zero attached hydrogens (tertiary/aromatic N) is 1. The van der Waals surface area contributed by atoms with Crippen LogP contribution in [0.25, 0.3) is 10.9 Å². The predicted molar refractivity (Wildman–Crippen MR) is 122 cm³/mol. The van der Waals surface area contributed by atoms with Crippen LogP contribution >= 0.6 is 0 Å². The maximum absolute atomic E-state index is 15.9. The molecule has 1 aliphatic carbocycles. The number of aromatic nitrogens is 1. The van der Waals surface area contributed by atoms with E-state index in [4.69, 9.17) is 4.74 Å². The van der Waals surface area contributed by atoms with E-state index in [9.17, 15) is 9.90 Å². The normalized spacial score (nSPS) is 24.0. The molecule has 0 radical (unpaired) electrons. The summed E-state index contributed by atoms with van der Waals surface area (Å²) >= 11 is 0. The number of nitrogens with one attached hydrogen (secondary N) is 1. The van der Waals surface area contributed by atoms with Crippen LogP contribution in [0.5, 0.6) is 5.75 Å². The van der Waals surface area contributed by atoms with Gasteiger partial charge in [0.2, 0.25) is 0 Å². The highest BCUT2D eigenvalue weighted by atomic mass is 19.1. The van der Waals surface area contributed by atoms with E-state index in [0.717, 1.165) is 46.2 Å². The third-order valence-electron chi connectivity index (χ3n) is 7.33. The minimum Gasteiger partial charge on any atom is -0.496 e. The van der Waals surface area contributed by atoms with Crippen LogP contribution < -0.4 is 4.74 Å². The van der Waals surface area contributed by atoms with Crippen LogP contribution in [0.1, 0.15) is 58.8 Å². The first-order valence-electron chi connectivity index (χ1n) is 11.3. The van der Waals surface area contributed by atoms with Gasteiger partial charge in [-0.1, -0.05) is 12.1 Å². The molecular formula is C26H29FN2O3. The summed E-state index contributed by atoms with van der Waals surface area (Å²) in [4.78, 5) is 17.0. The van der Waals surface area contributed by atoms with Crippen LogP contribution in [0.2, 0.25) is 0 Å². The molecule has 0 amide bonds. The van der Waals surface area contributed by atoms with E-state index in [2.05, 4.69) is 28.9 Å². The maximum Gasteiger partial charge on any atom is 0.335 e. The van der Waals surface area contributed by atoms with Crippen molar-refractivity contribution in [2.45, 2.75) is 50.9 Å². The summed E-state index contributed by atoms with van der Waals surface area (Å²) in [5, 5.41) is 10.4. The molecule has 2 heterocycles. The molecule has 1 saturated heterocycles. The fourth-order valence-electron chi connectivity index (χ4n) is 5.36. The number of carbonyl (C=O) groups is 1. The number of H-pyrrole nitrogens is 1. The van der Waals surface area contributed by atoms with E-state index in [-0.39, 0.29) is 17.5 Å². The van der Waals surface area contributed by atoms with Crippen LogP contribution in [0, 0.1) is 12.8 Å². The number of methoxy groups -OCH3 is 1. The molecule has 2 fully saturated rings. The van der Waals surface area contributed by atoms with Gasteiger partial charge in [-0.25, -0.2) is 9.18 Å². The first kappa shape index (κ1) is 21.0. The SMILES string of the molecule is COc1cc(C)c2[nH]ccc2c1CN1CCC(F)(C2CC2)CC1c1ccc(C(=O)O)cc1. The molecule has 0 bridgehead atoms. The number of hydrogen-bond acceptors (Lipinski definition) is 3. The van der Waals surface area contributed by atoms with Crippen molar-refractivity contribution in [2.75, 3.05) is 13.7 Å². The Morgan fingerprint density at radius 3 is 2.69 bits per heavy atom. The molecule has 3 aromatic rings. The zero-order valence-corrected chi connectivity index (χ0v) is 18.5. The van der Waals surface area contributed by atoms with E-state index in [1.54, 1.807) is 19.2 Å². The van der Waals surface area contributed by atoms with Gasteiger partial charge in [0.15, 0.2) is 0 Å². The van der Waals surface area contributed by atoms with Crippen molar-refractivity contribution in [1.82, 2.24) is 9.88 Å². The zero-order valence-electron chi connectivity index (χ0n) is 18.5. The van der Waals surface area contributed by atoms with Crippen LogP contribution in [-0.2, 0) is 6.54 Å². The van der Waals surface area contributed by atoms with Gasteiger partial charge in [0.05, 0.1) is 12.7 Å². The van der Waals surface area contributed by atoms with Crippen molar-refractivity contribution in [3.63, 3.8) is 0 Å². The Labute approximate surface area is 187 Å². The van der Waals surface area contributed by atoms with Crippen molar-refractivity contribution in [1.29, 1.82) is 0 Å². The van der Waals surface area contributed by atoms with Crippen LogP contribution in [-0.4, -0.2) is 40.3 Å². The minimum atomic E-state index is -1.15. The Kier molecular flexibility index (Phi) is 5.20. The smallest absolute Gasteiger partial charge is 0.335 e. The third-order valence-corrected chi connectivity index (χ3v) is 7.33. The molecule has 2 aliphatic rings. The molecule has 2 atom stereocenters. The average Bonchev–Trinajstić information content (AvgIpc) is 3.54. The number of aryl methyl sites for hydroxylation is 1. The van der Waals surface area contributed by atoms with Gasteiger partial charge in [-0.2, -0.15) is 0 Å². The number of alkyl halides is 1. The number of halogens is 1. The number of likely N-dealkylation sites (tertiary alicyclic amines) is 1. The fourth-order valence-corrected chi connectivity index (χ4v) is 5.36. The molecule has 2 aromatic carbocycles. The molecule has 2 N–H and O–H groups in total. The number of fused-ring (bicyclic) bond motifs is 1. The number of piperidine rings is 1. The number of rotatable bonds is 6. The monoisotopic (exact) mass is 436 g/mol. The molecule has 168 valence electrons. The lowest BCUT2D eigenvalue weighted by molar-refractivity contribution is -0.00257. The van der Waals surface area contributed by atoms with E-state index < -0.39 is 11.6 Å². The number of ether oxygens (including phenoxy) is 1. The van der Waals surface area contributed by atoms with Gasteiger partial charge in [0.25, 0.3) is 0 Å². The topological polar surface area (TPSA) is 65.6 Å². The van der Waals surface area contributed by atoms with Gasteiger partial charge in [-0.3, -0.25) is 4.90 Å². The van der Waals surface area contributed by atoms with E-state index in [1.165, 1.54) is 0 Å². The third kappa shape index (κ3) is 3.66. The van der Waals surface area contributed by atoms with Crippen molar-refractivity contribution in [3.8, 4) is 5.75 Å². The number of aromatic amines is 1. The Hall–Kier alpha value is -2.86. The molecule has 1 aromatic heterocycles. The number of aromatic carboxylic acids is 1. The first-order valence-corrected chi connectivity index (χ1v) is 11.3. The molecule has 0 spiro atoms. The van der Waals surface area contributed by atoms with Crippen molar-refractivity contribution in [3.05, 3.63) is 64.8 Å². The Bertz CT molecular complexity index is 1150. The average molecular weight is 437 g/mol. The summed E-state index contributed by atoms with van der Waals surface area (Å²) in [5.41, 5.74) is 3.39. The quantitative estimate of drug-likeness (QED) is 0.525. The lowest BCUT2D eigenvalue weighted by Crippen LogP contribution is -2.44. The molecular weight excluding hydrogens is 407 g/mol. The van der Waals surface area contributed by atoms with Gasteiger partial charge < -0.3 is 14.8 Å². The highest BCUT2D eigenvalue weighted by Gasteiger charge is 2.50. The summed E-state index contributed by atoms with van der Waals surface area (Å²) in [7, 11) is 1.69. The maximum atomic E-state index is 15.9. The molecule has 6 heteroatoms. The molecule has 2 unspecified atom stereocenters. The van der Waals surface area contributed by atoms with E-state index >= 15 is 4.39 Å². The summed E-state index contributed by atoms with van der Waals surface area (Å²) < 4.78 is 21.6. The summed E-state index contributed by atoms with van der Waals surface area (Å²) in [6, 6.07) is 11.0. The highest BCUT2D eigenvalue weighted by molar-refractivity contribution is 5.88. The second-order valence-corrected chi connectivity index (χ2v) is 9.32. The largest absolute Gasteiger partial charge is 0.496 e. The second-order valence-electron chi connectivity index (χ2n) is 9.32. The van der Waals surface area contributed by atoms with Crippen molar-refractivity contribution < 1.29 is 19.0 Å². The van der Waals surface area contributed by atoms with Crippen molar-refractivity contribution in [2.24, 2.45) is 5.92 Å². The summed E-state index contributed by atoms with van der Waals surface area (Å²) in [6.07, 6.45) is 4.85. The van der Waals surface area contributed by atoms with Crippen molar-refractivity contribution >= 4 is 16.9 Å². The molecule has 5 rings (SSSR count). The van der Waals surface area contributed by atoms with Gasteiger partial charge in [0, 0.05) is 48.2 Å². The van der Waals surface area contributed by atoms with E-state index in [1.807, 2.05) is 18.3 Å². The Balaban J connectivity index is 1.52. The molecule has 5 nitrogen and oxygen atoms in total. The molecule has 1 aliphatic heterocycles. The first-order chi connectivity index (χ1) is 15.4. The Morgan fingerprint density at radius 1 is 1.28 bits per heavy atom. The lowest BCUT2D eigenvalue weighted by Gasteiger charge is -2.43. The minimum absolute atomic E-state index is 0.114. The second kappa shape index (κ2) is 7.93. The van der Waals surface area contributed by atoms with Gasteiger partial charge in [-0.05, 0) is 67.5 Å². The number of carboxylic acids is 1. The van der Waals surface area contributed by atoms with Gasteiger partial charge >= 0.3 is 5.97 Å². The molecule has 32 heavy (non-hydrogen) atoms. The summed E-state index contributed by atoms with van der Waals surface area (Å²) in [5.74, 6) is 0.0544. The predicted octanol–water partition coefficient (Wildman–Crippen LogP) is 5.64. The standard InChI is InChI=1S/C26H29FN2O3/c1-16-13-23(32-2)21(20-9-11-28-24(16)20)15-29-12-10-26(27,19-7-8-19)14-22(29)17-3-5-18(6-4-17)25(30)31/h3-6,9,11,13,19,22,28H,7-8,10,12,14-15H2,1-2H3,(H,30,31). The number of benzene rings is 2. The number of carboxylic acid groups (broad SMARTS) is 1.